The number of unbranched alkanes of at least 4 members (excludes halogenated alkanes) is 16. The van der Waals surface area contributed by atoms with Gasteiger partial charge in [0.1, 0.15) is 6.54 Å². The van der Waals surface area contributed by atoms with Crippen LogP contribution in [0.4, 0.5) is 0 Å². The van der Waals surface area contributed by atoms with Crippen LogP contribution in [-0.4, -0.2) is 52.4 Å². The van der Waals surface area contributed by atoms with Crippen molar-refractivity contribution >= 4 is 7.60 Å². The minimum absolute atomic E-state index is 0.0636. The highest BCUT2D eigenvalue weighted by molar-refractivity contribution is 7.53. The van der Waals surface area contributed by atoms with E-state index in [0.29, 0.717) is 10.9 Å². The topological polar surface area (TPSA) is 77.8 Å². The largest absolute Gasteiger partial charge is 0.373 e. The lowest BCUT2D eigenvalue weighted by molar-refractivity contribution is -0.875. The molecule has 0 aliphatic rings. The Morgan fingerprint density at radius 1 is 0.688 bits per heavy atom. The Bertz CT molecular complexity index is 512. The third kappa shape index (κ3) is 18.3. The molecule has 32 heavy (non-hydrogen) atoms. The van der Waals surface area contributed by atoms with Crippen LogP contribution in [0.25, 0.3) is 0 Å². The second kappa shape index (κ2) is 18.2. The zero-order valence-electron chi connectivity index (χ0n) is 21.7. The predicted molar refractivity (Wildman–Crippen MR) is 138 cm³/mol. The Kier molecular flexibility index (Phi) is 18.1. The van der Waals surface area contributed by atoms with Crippen LogP contribution in [-0.2, 0) is 4.57 Å². The summed E-state index contributed by atoms with van der Waals surface area (Å²) in [5.41, 5.74) is 0. The van der Waals surface area contributed by atoms with Gasteiger partial charge < -0.3 is 19.4 Å². The monoisotopic (exact) mass is 476 g/mol. The molecule has 1 atom stereocenters. The van der Waals surface area contributed by atoms with Crippen molar-refractivity contribution in [2.24, 2.45) is 0 Å². The van der Waals surface area contributed by atoms with Gasteiger partial charge in [0.15, 0.2) is 0 Å². The highest BCUT2D eigenvalue weighted by Crippen LogP contribution is 2.52. The SMILES string of the molecule is C/C=C\CCCCCCCCCCCCCCCCCCC(O)(C[N+](C)(C)C)P(=O)(O)O. The minimum Gasteiger partial charge on any atom is -0.373 e. The molecule has 0 aliphatic carbocycles. The van der Waals surface area contributed by atoms with Gasteiger partial charge in [-0.15, -0.1) is 0 Å². The maximum absolute atomic E-state index is 11.8. The molecule has 192 valence electrons. The lowest BCUT2D eigenvalue weighted by Gasteiger charge is -2.35. The van der Waals surface area contributed by atoms with E-state index in [-0.39, 0.29) is 13.0 Å². The third-order valence-corrected chi connectivity index (χ3v) is 7.65. The van der Waals surface area contributed by atoms with Gasteiger partial charge in [0.05, 0.1) is 21.1 Å². The molecule has 0 amide bonds. The Morgan fingerprint density at radius 2 is 1.03 bits per heavy atom. The quantitative estimate of drug-likeness (QED) is 0.0670. The van der Waals surface area contributed by atoms with E-state index in [0.717, 1.165) is 12.8 Å². The number of aliphatic hydroxyl groups is 1. The summed E-state index contributed by atoms with van der Waals surface area (Å²) in [6.45, 7) is 2.16. The Balaban J connectivity index is 3.53. The first-order valence-electron chi connectivity index (χ1n) is 13.2. The van der Waals surface area contributed by atoms with Crippen LogP contribution in [0.2, 0.25) is 0 Å². The molecule has 0 spiro atoms. The Hall–Kier alpha value is -0.190. The summed E-state index contributed by atoms with van der Waals surface area (Å²) in [6, 6.07) is 0. The predicted octanol–water partition coefficient (Wildman–Crippen LogP) is 7.16. The summed E-state index contributed by atoms with van der Waals surface area (Å²) >= 11 is 0. The molecule has 0 saturated carbocycles. The lowest BCUT2D eigenvalue weighted by Crippen LogP contribution is -2.49. The van der Waals surface area contributed by atoms with Gasteiger partial charge in [-0.25, -0.2) is 0 Å². The molecule has 6 heteroatoms. The van der Waals surface area contributed by atoms with Gasteiger partial charge in [-0.2, -0.15) is 0 Å². The molecule has 0 aromatic heterocycles. The highest BCUT2D eigenvalue weighted by atomic mass is 31.2. The van der Waals surface area contributed by atoms with Gasteiger partial charge in [-0.3, -0.25) is 4.57 Å². The van der Waals surface area contributed by atoms with Crippen molar-refractivity contribution < 1.29 is 23.9 Å². The number of hydrogen-bond donors (Lipinski definition) is 3. The van der Waals surface area contributed by atoms with Crippen LogP contribution in [0.3, 0.4) is 0 Å². The van der Waals surface area contributed by atoms with Crippen LogP contribution >= 0.6 is 7.60 Å². The number of rotatable bonds is 22. The van der Waals surface area contributed by atoms with Crippen molar-refractivity contribution in [1.29, 1.82) is 0 Å². The van der Waals surface area contributed by atoms with E-state index in [1.54, 1.807) is 0 Å². The number of allylic oxidation sites excluding steroid dienone is 2. The van der Waals surface area contributed by atoms with E-state index >= 15 is 0 Å². The fourth-order valence-electron chi connectivity index (χ4n) is 4.39. The summed E-state index contributed by atoms with van der Waals surface area (Å²) in [5.74, 6) is 0. The second-order valence-electron chi connectivity index (χ2n) is 10.7. The van der Waals surface area contributed by atoms with Crippen LogP contribution < -0.4 is 0 Å². The van der Waals surface area contributed by atoms with Crippen molar-refractivity contribution in [3.8, 4) is 0 Å². The first kappa shape index (κ1) is 31.8. The van der Waals surface area contributed by atoms with Crippen LogP contribution in [0, 0.1) is 0 Å². The van der Waals surface area contributed by atoms with E-state index < -0.39 is 12.9 Å². The molecule has 0 bridgehead atoms. The van der Waals surface area contributed by atoms with Gasteiger partial charge in [-0.05, 0) is 32.6 Å². The fraction of sp³-hybridized carbons (Fsp3) is 0.923. The van der Waals surface area contributed by atoms with Gasteiger partial charge in [0, 0.05) is 0 Å². The molecular formula is C26H55NO4P+. The van der Waals surface area contributed by atoms with E-state index in [1.807, 2.05) is 21.1 Å². The summed E-state index contributed by atoms with van der Waals surface area (Å²) < 4.78 is 12.1. The minimum atomic E-state index is -4.54. The zero-order valence-corrected chi connectivity index (χ0v) is 22.6. The third-order valence-electron chi connectivity index (χ3n) is 6.20. The average molecular weight is 477 g/mol. The molecule has 5 nitrogen and oxygen atoms in total. The highest BCUT2D eigenvalue weighted by Gasteiger charge is 2.48. The van der Waals surface area contributed by atoms with Crippen molar-refractivity contribution in [3.63, 3.8) is 0 Å². The molecule has 3 N–H and O–H groups in total. The summed E-state index contributed by atoms with van der Waals surface area (Å²) in [5, 5.41) is 8.64. The molecule has 0 aromatic carbocycles. The molecule has 1 unspecified atom stereocenters. The molecule has 0 heterocycles. The molecule has 0 aliphatic heterocycles. The van der Waals surface area contributed by atoms with E-state index in [4.69, 9.17) is 0 Å². The first-order valence-corrected chi connectivity index (χ1v) is 14.8. The molecular weight excluding hydrogens is 421 g/mol. The molecule has 0 aromatic rings. The van der Waals surface area contributed by atoms with Crippen molar-refractivity contribution in [2.75, 3.05) is 27.7 Å². The van der Waals surface area contributed by atoms with E-state index in [1.165, 1.54) is 89.9 Å². The standard InChI is InChI=1S/C26H54NO4P/c1-5-6-7-8-9-10-11-12-13-14-15-16-17-18-19-20-21-22-23-24-26(28,32(29,30)31)25-27(2,3)4/h5-6,28H,7-25H2,1-4H3,(H-,29,30,31)/p+1/b6-5-. The molecule has 0 saturated heterocycles. The number of quaternary nitrogens is 1. The first-order chi connectivity index (χ1) is 15.0. The Morgan fingerprint density at radius 3 is 1.34 bits per heavy atom. The maximum Gasteiger partial charge on any atom is 0.362 e. The normalized spacial score (nSPS) is 14.8. The molecule has 0 radical (unpaired) electrons. The van der Waals surface area contributed by atoms with Gasteiger partial charge >= 0.3 is 7.60 Å². The number of hydrogen-bond acceptors (Lipinski definition) is 2. The lowest BCUT2D eigenvalue weighted by atomic mass is 10.0. The van der Waals surface area contributed by atoms with Gasteiger partial charge in [0.25, 0.3) is 0 Å². The summed E-state index contributed by atoms with van der Waals surface area (Å²) in [7, 11) is 0.987. The van der Waals surface area contributed by atoms with Crippen molar-refractivity contribution in [1.82, 2.24) is 0 Å². The molecule has 0 fully saturated rings. The summed E-state index contributed by atoms with van der Waals surface area (Å²) in [4.78, 5) is 19.2. The van der Waals surface area contributed by atoms with E-state index in [2.05, 4.69) is 19.1 Å². The smallest absolute Gasteiger partial charge is 0.362 e. The number of nitrogens with zero attached hydrogens (tertiary/aromatic N) is 1. The van der Waals surface area contributed by atoms with Crippen molar-refractivity contribution in [2.45, 2.75) is 128 Å². The van der Waals surface area contributed by atoms with Crippen LogP contribution in [0.15, 0.2) is 12.2 Å². The zero-order chi connectivity index (χ0) is 24.3. The average Bonchev–Trinajstić information content (AvgIpc) is 2.67. The van der Waals surface area contributed by atoms with Crippen LogP contribution in [0.5, 0.6) is 0 Å². The molecule has 0 rings (SSSR count). The number of likely N-dealkylation sites (N-methyl/N-ethyl adjacent to an activating group) is 1. The maximum atomic E-state index is 11.8. The van der Waals surface area contributed by atoms with Crippen LogP contribution in [0.1, 0.15) is 122 Å². The van der Waals surface area contributed by atoms with Gasteiger partial charge in [0.2, 0.25) is 5.34 Å². The fourth-order valence-corrected chi connectivity index (χ4v) is 5.45. The second-order valence-corrected chi connectivity index (χ2v) is 12.7. The summed E-state index contributed by atoms with van der Waals surface area (Å²) in [6.07, 6.45) is 26.0. The van der Waals surface area contributed by atoms with E-state index in [9.17, 15) is 19.5 Å². The Labute approximate surface area is 199 Å². The van der Waals surface area contributed by atoms with Crippen molar-refractivity contribution in [3.05, 3.63) is 12.2 Å². The van der Waals surface area contributed by atoms with Gasteiger partial charge in [-0.1, -0.05) is 102 Å².